The Bertz CT molecular complexity index is 828. The van der Waals surface area contributed by atoms with Crippen LogP contribution in [-0.4, -0.2) is 41.6 Å². The number of rotatable bonds is 4. The van der Waals surface area contributed by atoms with Gasteiger partial charge in [0.2, 0.25) is 0 Å². The minimum atomic E-state index is -0.764. The van der Waals surface area contributed by atoms with Crippen molar-refractivity contribution >= 4 is 22.6 Å². The third kappa shape index (κ3) is 2.64. The van der Waals surface area contributed by atoms with E-state index in [1.54, 1.807) is 4.90 Å². The molecule has 5 nitrogen and oxygen atoms in total. The maximum Gasteiger partial charge on any atom is 0.311 e. The van der Waals surface area contributed by atoms with Crippen molar-refractivity contribution in [3.8, 4) is 5.75 Å². The van der Waals surface area contributed by atoms with Crippen LogP contribution in [0, 0.1) is 11.3 Å². The van der Waals surface area contributed by atoms with E-state index in [0.29, 0.717) is 25.3 Å². The number of aliphatic carboxylic acids is 1. The summed E-state index contributed by atoms with van der Waals surface area (Å²) < 4.78 is 5.77. The third-order valence-corrected chi connectivity index (χ3v) is 5.75. The van der Waals surface area contributed by atoms with E-state index in [9.17, 15) is 14.7 Å². The molecule has 1 aliphatic carbocycles. The number of amides is 1. The second-order valence-electron chi connectivity index (χ2n) is 7.09. The molecule has 0 bridgehead atoms. The molecule has 25 heavy (non-hydrogen) atoms. The zero-order valence-electron chi connectivity index (χ0n) is 14.0. The van der Waals surface area contributed by atoms with Gasteiger partial charge in [-0.2, -0.15) is 0 Å². The summed E-state index contributed by atoms with van der Waals surface area (Å²) in [6, 6.07) is 13.6. The average molecular weight is 339 g/mol. The van der Waals surface area contributed by atoms with Crippen molar-refractivity contribution < 1.29 is 19.4 Å². The highest BCUT2D eigenvalue weighted by molar-refractivity contribution is 5.89. The van der Waals surface area contributed by atoms with Crippen molar-refractivity contribution in [3.63, 3.8) is 0 Å². The number of carbonyl (C=O) groups is 2. The van der Waals surface area contributed by atoms with Crippen LogP contribution in [0.3, 0.4) is 0 Å². The van der Waals surface area contributed by atoms with Crippen LogP contribution in [-0.2, 0) is 9.59 Å². The molecule has 0 spiro atoms. The molecule has 2 aromatic carbocycles. The van der Waals surface area contributed by atoms with Crippen molar-refractivity contribution in [1.82, 2.24) is 4.90 Å². The molecule has 4 rings (SSSR count). The SMILES string of the molecule is O=C(COc1cccc2ccccc12)N1C[C@@H]2CCC[C@@]2(C(=O)O)C1. The van der Waals surface area contributed by atoms with Crippen LogP contribution >= 0.6 is 0 Å². The smallest absolute Gasteiger partial charge is 0.311 e. The topological polar surface area (TPSA) is 66.8 Å². The Balaban J connectivity index is 1.46. The summed E-state index contributed by atoms with van der Waals surface area (Å²) in [5.41, 5.74) is -0.741. The Morgan fingerprint density at radius 1 is 1.20 bits per heavy atom. The van der Waals surface area contributed by atoms with Crippen molar-refractivity contribution in [3.05, 3.63) is 42.5 Å². The molecule has 0 radical (unpaired) electrons. The van der Waals surface area contributed by atoms with Crippen LogP contribution < -0.4 is 4.74 Å². The standard InChI is InChI=1S/C20H21NO4/c22-18(21-11-15-7-4-10-20(15,13-21)19(23)24)12-25-17-9-3-6-14-5-1-2-8-16(14)17/h1-3,5-6,8-9,15H,4,7,10-13H2,(H,23,24)/t15-,20+/m0/s1. The molecule has 1 amide bonds. The summed E-state index contributed by atoms with van der Waals surface area (Å²) in [5, 5.41) is 11.7. The maximum atomic E-state index is 12.6. The Kier molecular flexibility index (Phi) is 3.86. The molecule has 1 N–H and O–H groups in total. The first-order chi connectivity index (χ1) is 12.1. The fraction of sp³-hybridized carbons (Fsp3) is 0.400. The van der Waals surface area contributed by atoms with Gasteiger partial charge in [0.15, 0.2) is 6.61 Å². The zero-order valence-corrected chi connectivity index (χ0v) is 14.0. The molecule has 1 saturated heterocycles. The molecule has 1 aliphatic heterocycles. The van der Waals surface area contributed by atoms with Crippen LogP contribution in [0.2, 0.25) is 0 Å². The van der Waals surface area contributed by atoms with Crippen LogP contribution in [0.25, 0.3) is 10.8 Å². The predicted molar refractivity (Wildman–Crippen MR) is 93.4 cm³/mol. The molecule has 0 aromatic heterocycles. The molecule has 130 valence electrons. The van der Waals surface area contributed by atoms with Gasteiger partial charge in [0.05, 0.1) is 5.41 Å². The first kappa shape index (κ1) is 15.9. The van der Waals surface area contributed by atoms with E-state index in [4.69, 9.17) is 4.74 Å². The van der Waals surface area contributed by atoms with Gasteiger partial charge in [0, 0.05) is 18.5 Å². The quantitative estimate of drug-likeness (QED) is 0.930. The van der Waals surface area contributed by atoms with Crippen molar-refractivity contribution in [2.45, 2.75) is 19.3 Å². The van der Waals surface area contributed by atoms with Gasteiger partial charge in [0.25, 0.3) is 5.91 Å². The Morgan fingerprint density at radius 3 is 2.80 bits per heavy atom. The molecule has 2 aliphatic rings. The summed E-state index contributed by atoms with van der Waals surface area (Å²) in [4.78, 5) is 26.0. The highest BCUT2D eigenvalue weighted by Crippen LogP contribution is 2.48. The second-order valence-corrected chi connectivity index (χ2v) is 7.09. The number of fused-ring (bicyclic) bond motifs is 2. The Hall–Kier alpha value is -2.56. The van der Waals surface area contributed by atoms with E-state index in [-0.39, 0.29) is 18.4 Å². The number of ether oxygens (including phenoxy) is 1. The van der Waals surface area contributed by atoms with E-state index < -0.39 is 11.4 Å². The lowest BCUT2D eigenvalue weighted by molar-refractivity contribution is -0.149. The fourth-order valence-electron chi connectivity index (χ4n) is 4.38. The maximum absolute atomic E-state index is 12.6. The highest BCUT2D eigenvalue weighted by atomic mass is 16.5. The molecule has 1 saturated carbocycles. The van der Waals surface area contributed by atoms with Gasteiger partial charge >= 0.3 is 5.97 Å². The van der Waals surface area contributed by atoms with E-state index in [0.717, 1.165) is 23.6 Å². The first-order valence-corrected chi connectivity index (χ1v) is 8.72. The minimum Gasteiger partial charge on any atom is -0.483 e. The predicted octanol–water partition coefficient (Wildman–Crippen LogP) is 2.93. The number of carboxylic acids is 1. The number of benzene rings is 2. The van der Waals surface area contributed by atoms with Gasteiger partial charge in [-0.05, 0) is 30.2 Å². The van der Waals surface area contributed by atoms with E-state index in [1.165, 1.54) is 0 Å². The lowest BCUT2D eigenvalue weighted by atomic mass is 9.81. The molecule has 2 fully saturated rings. The average Bonchev–Trinajstić information content (AvgIpc) is 3.18. The number of nitrogens with zero attached hydrogens (tertiary/aromatic N) is 1. The van der Waals surface area contributed by atoms with Gasteiger partial charge in [-0.1, -0.05) is 42.8 Å². The zero-order chi connectivity index (χ0) is 17.4. The summed E-state index contributed by atoms with van der Waals surface area (Å²) in [6.45, 7) is 0.783. The number of likely N-dealkylation sites (tertiary alicyclic amines) is 1. The summed E-state index contributed by atoms with van der Waals surface area (Å²) in [5.74, 6) is -0.145. The largest absolute Gasteiger partial charge is 0.483 e. The highest BCUT2D eigenvalue weighted by Gasteiger charge is 2.55. The first-order valence-electron chi connectivity index (χ1n) is 8.72. The number of hydrogen-bond donors (Lipinski definition) is 1. The molecular formula is C20H21NO4. The molecule has 1 heterocycles. The van der Waals surface area contributed by atoms with Gasteiger partial charge in [-0.3, -0.25) is 9.59 Å². The lowest BCUT2D eigenvalue weighted by Crippen LogP contribution is -2.38. The molecule has 0 unspecified atom stereocenters. The van der Waals surface area contributed by atoms with E-state index in [2.05, 4.69) is 0 Å². The number of carboxylic acid groups (broad SMARTS) is 1. The second kappa shape index (κ2) is 6.06. The van der Waals surface area contributed by atoms with Gasteiger partial charge in [0.1, 0.15) is 5.75 Å². The summed E-state index contributed by atoms with van der Waals surface area (Å²) >= 11 is 0. The Morgan fingerprint density at radius 2 is 2.00 bits per heavy atom. The Labute approximate surface area is 146 Å². The van der Waals surface area contributed by atoms with Gasteiger partial charge in [-0.25, -0.2) is 0 Å². The van der Waals surface area contributed by atoms with Crippen LogP contribution in [0.15, 0.2) is 42.5 Å². The van der Waals surface area contributed by atoms with Crippen LogP contribution in [0.1, 0.15) is 19.3 Å². The summed E-state index contributed by atoms with van der Waals surface area (Å²) in [6.07, 6.45) is 2.49. The minimum absolute atomic E-state index is 0.0591. The van der Waals surface area contributed by atoms with Crippen molar-refractivity contribution in [2.24, 2.45) is 11.3 Å². The number of carbonyl (C=O) groups excluding carboxylic acids is 1. The summed E-state index contributed by atoms with van der Waals surface area (Å²) in [7, 11) is 0. The molecule has 5 heteroatoms. The fourth-order valence-corrected chi connectivity index (χ4v) is 4.38. The molecular weight excluding hydrogens is 318 g/mol. The van der Waals surface area contributed by atoms with E-state index >= 15 is 0 Å². The van der Waals surface area contributed by atoms with Crippen molar-refractivity contribution in [1.29, 1.82) is 0 Å². The van der Waals surface area contributed by atoms with Crippen LogP contribution in [0.4, 0.5) is 0 Å². The van der Waals surface area contributed by atoms with Gasteiger partial charge < -0.3 is 14.7 Å². The lowest BCUT2D eigenvalue weighted by Gasteiger charge is -2.23. The van der Waals surface area contributed by atoms with Crippen LogP contribution in [0.5, 0.6) is 5.75 Å². The molecule has 2 aromatic rings. The number of hydrogen-bond acceptors (Lipinski definition) is 3. The molecule has 2 atom stereocenters. The monoisotopic (exact) mass is 339 g/mol. The van der Waals surface area contributed by atoms with Gasteiger partial charge in [-0.15, -0.1) is 0 Å². The third-order valence-electron chi connectivity index (χ3n) is 5.75. The van der Waals surface area contributed by atoms with E-state index in [1.807, 2.05) is 42.5 Å². The normalized spacial score (nSPS) is 25.1. The van der Waals surface area contributed by atoms with Crippen molar-refractivity contribution in [2.75, 3.05) is 19.7 Å².